The zero-order valence-electron chi connectivity index (χ0n) is 48.9. The van der Waals surface area contributed by atoms with Crippen LogP contribution in [0.2, 0.25) is 0 Å². The van der Waals surface area contributed by atoms with Crippen LogP contribution in [0.15, 0.2) is 255 Å². The van der Waals surface area contributed by atoms with Gasteiger partial charge >= 0.3 is 0 Å². The summed E-state index contributed by atoms with van der Waals surface area (Å²) >= 11 is 0. The molecule has 0 atom stereocenters. The van der Waals surface area contributed by atoms with Crippen molar-refractivity contribution in [2.24, 2.45) is 0 Å². The van der Waals surface area contributed by atoms with Gasteiger partial charge < -0.3 is 18.6 Å². The highest BCUT2D eigenvalue weighted by atomic mass is 15.1. The highest BCUT2D eigenvalue weighted by Crippen LogP contribution is 2.40. The van der Waals surface area contributed by atoms with Crippen LogP contribution in [0.25, 0.3) is 83.2 Å². The van der Waals surface area contributed by atoms with Crippen LogP contribution in [0.5, 0.6) is 0 Å². The summed E-state index contributed by atoms with van der Waals surface area (Å²) in [7, 11) is 0. The lowest BCUT2D eigenvalue weighted by atomic mass is 10.1. The molecule has 4 nitrogen and oxygen atoms in total. The molecule has 64 heavy (non-hydrogen) atoms. The molecule has 302 valence electrons. The molecule has 0 amide bonds. The maximum absolute atomic E-state index is 9.55. The number of para-hydroxylation sites is 3. The summed E-state index contributed by atoms with van der Waals surface area (Å²) in [4.78, 5) is 1.92. The maximum atomic E-state index is 9.55. The number of benzene rings is 9. The van der Waals surface area contributed by atoms with Crippen molar-refractivity contribution >= 4 is 49.8 Å². The van der Waals surface area contributed by atoms with Gasteiger partial charge in [0.15, 0.2) is 0 Å². The van der Waals surface area contributed by atoms with E-state index in [1.165, 1.54) is 13.7 Å². The van der Waals surface area contributed by atoms with Crippen molar-refractivity contribution in [3.63, 3.8) is 0 Å². The molecule has 0 radical (unpaired) electrons. The number of anilines is 3. The summed E-state index contributed by atoms with van der Waals surface area (Å²) in [5.41, 5.74) is 6.43. The van der Waals surface area contributed by atoms with Gasteiger partial charge in [-0.1, -0.05) is 145 Å². The summed E-state index contributed by atoms with van der Waals surface area (Å²) in [5, 5.41) is 0.635. The minimum absolute atomic E-state index is 0.0397. The fraction of sp³-hybridized carbons (Fsp3) is 0. The summed E-state index contributed by atoms with van der Waals surface area (Å²) in [6, 6.07) is 44.2. The van der Waals surface area contributed by atoms with E-state index in [0.29, 0.717) is 67.5 Å². The standard InChI is InChI=1S/C60H42N4/c1-4-16-43(17-5-1)55-40-61(58-25-13-10-22-52(55)58)46-28-34-49(35-29-46)64(50-36-30-47(31-37-50)62-41-56(44-18-6-2-7-19-44)53-23-11-14-26-59(53)62)51-38-32-48(33-39-51)63-42-57(45-20-8-3-9-21-45)54-24-12-15-27-60(54)63/h1-42H/i10D,11D,12D,13D,14D,15D,22D,23D,24D,25D,26D,27D,40D,41D,42D. The smallest absolute Gasteiger partial charge is 0.0829 e. The third-order valence-electron chi connectivity index (χ3n) is 11.4. The third-order valence-corrected chi connectivity index (χ3v) is 11.4. The van der Waals surface area contributed by atoms with Crippen molar-refractivity contribution in [2.45, 2.75) is 0 Å². The topological polar surface area (TPSA) is 18.0 Å². The first kappa shape index (κ1) is 24.7. The largest absolute Gasteiger partial charge is 0.316 e. The van der Waals surface area contributed by atoms with Crippen molar-refractivity contribution in [1.29, 1.82) is 0 Å². The number of fused-ring (bicyclic) bond motifs is 3. The number of nitrogens with zero attached hydrogens (tertiary/aromatic N) is 4. The Balaban J connectivity index is 1.04. The van der Waals surface area contributed by atoms with Gasteiger partial charge in [0.1, 0.15) is 0 Å². The number of rotatable bonds is 9. The van der Waals surface area contributed by atoms with Gasteiger partial charge in [0.25, 0.3) is 0 Å². The first-order valence-electron chi connectivity index (χ1n) is 28.1. The predicted octanol–water partition coefficient (Wildman–Crippen LogP) is 16.0. The van der Waals surface area contributed by atoms with Crippen LogP contribution in [0, 0.1) is 0 Å². The Bertz CT molecular complexity index is 3990. The van der Waals surface area contributed by atoms with E-state index in [9.17, 15) is 4.11 Å². The van der Waals surface area contributed by atoms with E-state index in [0.717, 1.165) is 0 Å². The molecule has 0 aliphatic rings. The van der Waals surface area contributed by atoms with Crippen LogP contribution in [0.1, 0.15) is 20.6 Å². The van der Waals surface area contributed by atoms with Crippen molar-refractivity contribution in [1.82, 2.24) is 13.7 Å². The van der Waals surface area contributed by atoms with Crippen molar-refractivity contribution in [3.05, 3.63) is 255 Å². The average molecular weight is 834 g/mol. The van der Waals surface area contributed by atoms with Gasteiger partial charge in [-0.3, -0.25) is 0 Å². The number of hydrogen-bond acceptors (Lipinski definition) is 1. The Morgan fingerprint density at radius 3 is 0.844 bits per heavy atom. The average Bonchev–Trinajstić information content (AvgIpc) is 3.94. The van der Waals surface area contributed by atoms with Gasteiger partial charge in [-0.2, -0.15) is 0 Å². The molecule has 3 heterocycles. The van der Waals surface area contributed by atoms with E-state index in [1.54, 1.807) is 109 Å². The Kier molecular flexibility index (Phi) is 6.07. The highest BCUT2D eigenvalue weighted by molar-refractivity contribution is 5.99. The molecule has 12 aromatic rings. The zero-order chi connectivity index (χ0) is 55.5. The molecule has 0 saturated carbocycles. The molecule has 12 rings (SSSR count). The molecule has 0 unspecified atom stereocenters. The molecular formula is C60H42N4. The SMILES string of the molecule is [2H]c1c([2H])c([2H])c2c(c1[2H])c(-c1ccccc1)c([2H])n2-c1ccc(N(c2ccc(-n3c([2H])c(-c4ccccc4)c4c([2H])c([2H])c([2H])c([2H])c43)cc2)c2ccc(-n3c([2H])c(-c4ccccc4)c4c([2H])c([2H])c([2H])c([2H])c43)cc2)cc1. The van der Waals surface area contributed by atoms with E-state index in [2.05, 4.69) is 0 Å². The maximum Gasteiger partial charge on any atom is 0.0829 e. The second-order valence-corrected chi connectivity index (χ2v) is 15.1. The van der Waals surface area contributed by atoms with Gasteiger partial charge in [0, 0.05) is 85.5 Å². The van der Waals surface area contributed by atoms with Crippen LogP contribution in [-0.2, 0) is 0 Å². The van der Waals surface area contributed by atoms with Gasteiger partial charge in [0.05, 0.1) is 37.1 Å². The van der Waals surface area contributed by atoms with Crippen LogP contribution >= 0.6 is 0 Å². The van der Waals surface area contributed by atoms with E-state index < -0.39 is 36.3 Å². The van der Waals surface area contributed by atoms with E-state index in [1.807, 2.05) is 59.5 Å². The van der Waals surface area contributed by atoms with Gasteiger partial charge in [0.2, 0.25) is 0 Å². The minimum atomic E-state index is -0.435. The fourth-order valence-electron chi connectivity index (χ4n) is 8.36. The van der Waals surface area contributed by atoms with Gasteiger partial charge in [-0.05, 0) is 108 Å². The minimum Gasteiger partial charge on any atom is -0.316 e. The van der Waals surface area contributed by atoms with Gasteiger partial charge in [-0.15, -0.1) is 0 Å². The first-order chi connectivity index (χ1) is 38.0. The quantitative estimate of drug-likeness (QED) is 0.142. The van der Waals surface area contributed by atoms with E-state index >= 15 is 0 Å². The second-order valence-electron chi connectivity index (χ2n) is 15.1. The molecular weight excluding hydrogens is 777 g/mol. The molecule has 0 fully saturated rings. The van der Waals surface area contributed by atoms with Crippen molar-refractivity contribution in [2.75, 3.05) is 4.90 Å². The summed E-state index contributed by atoms with van der Waals surface area (Å²) < 4.78 is 139. The molecule has 0 N–H and O–H groups in total. The Morgan fingerprint density at radius 2 is 0.562 bits per heavy atom. The molecule has 9 aromatic carbocycles. The van der Waals surface area contributed by atoms with Gasteiger partial charge in [-0.25, -0.2) is 0 Å². The highest BCUT2D eigenvalue weighted by Gasteiger charge is 2.18. The third kappa shape index (κ3) is 6.48. The lowest BCUT2D eigenvalue weighted by molar-refractivity contribution is 1.12. The Hall–Kier alpha value is -8.60. The van der Waals surface area contributed by atoms with Crippen LogP contribution in [-0.4, -0.2) is 13.7 Å². The number of hydrogen-bond donors (Lipinski definition) is 0. The monoisotopic (exact) mass is 833 g/mol. The van der Waals surface area contributed by atoms with E-state index in [-0.39, 0.29) is 87.5 Å². The second kappa shape index (κ2) is 15.7. The lowest BCUT2D eigenvalue weighted by Crippen LogP contribution is -2.10. The molecule has 0 saturated heterocycles. The fourth-order valence-corrected chi connectivity index (χ4v) is 8.36. The Labute approximate surface area is 393 Å². The number of aromatic nitrogens is 3. The van der Waals surface area contributed by atoms with Crippen LogP contribution < -0.4 is 4.90 Å². The molecule has 0 spiro atoms. The zero-order valence-corrected chi connectivity index (χ0v) is 33.9. The molecule has 3 aromatic heterocycles. The summed E-state index contributed by atoms with van der Waals surface area (Å²) in [5.74, 6) is 0. The first-order valence-corrected chi connectivity index (χ1v) is 20.6. The lowest BCUT2D eigenvalue weighted by Gasteiger charge is -2.26. The molecule has 0 aliphatic carbocycles. The van der Waals surface area contributed by atoms with Crippen LogP contribution in [0.4, 0.5) is 17.1 Å². The predicted molar refractivity (Wildman–Crippen MR) is 268 cm³/mol. The summed E-state index contributed by atoms with van der Waals surface area (Å²) in [6.45, 7) is 0. The van der Waals surface area contributed by atoms with Crippen molar-refractivity contribution < 1.29 is 20.6 Å². The normalized spacial score (nSPS) is 14.7. The molecule has 4 heteroatoms. The Morgan fingerprint density at radius 1 is 0.297 bits per heavy atom. The molecule has 0 aliphatic heterocycles. The molecule has 0 bridgehead atoms. The summed E-state index contributed by atoms with van der Waals surface area (Å²) in [6.07, 6.45) is -0.119. The van der Waals surface area contributed by atoms with Crippen molar-refractivity contribution in [3.8, 4) is 50.4 Å². The van der Waals surface area contributed by atoms with Crippen LogP contribution in [0.3, 0.4) is 0 Å². The van der Waals surface area contributed by atoms with E-state index in [4.69, 9.17) is 16.4 Å².